The fourth-order valence-electron chi connectivity index (χ4n) is 1.41. The first-order valence-corrected chi connectivity index (χ1v) is 4.75. The van der Waals surface area contributed by atoms with Crippen molar-refractivity contribution in [2.45, 2.75) is 0 Å². The number of hydrogen-bond donors (Lipinski definition) is 3. The molecule has 5 N–H and O–H groups in total. The number of anilines is 2. The molecule has 0 aliphatic rings. The van der Waals surface area contributed by atoms with Gasteiger partial charge in [0.25, 0.3) is 0 Å². The minimum Gasteiger partial charge on any atom is -0.399 e. The Kier molecular flexibility index (Phi) is 2.64. The molecule has 2 rings (SSSR count). The lowest BCUT2D eigenvalue weighted by Crippen LogP contribution is -2.14. The number of hydrogen-bond acceptors (Lipinski definition) is 5. The zero-order valence-electron chi connectivity index (χ0n) is 8.27. The van der Waals surface area contributed by atoms with Gasteiger partial charge >= 0.3 is 0 Å². The third kappa shape index (κ3) is 1.97. The highest BCUT2D eigenvalue weighted by Crippen LogP contribution is 2.21. The average Bonchev–Trinajstić information content (AvgIpc) is 2.26. The molecule has 5 heteroatoms. The van der Waals surface area contributed by atoms with Crippen LogP contribution in [0.1, 0.15) is 0 Å². The fourth-order valence-corrected chi connectivity index (χ4v) is 1.41. The van der Waals surface area contributed by atoms with Crippen molar-refractivity contribution in [3.8, 4) is 0 Å². The molecule has 0 atom stereocenters. The highest BCUT2D eigenvalue weighted by atomic mass is 15.0. The van der Waals surface area contributed by atoms with E-state index in [0.717, 1.165) is 16.7 Å². The van der Waals surface area contributed by atoms with Gasteiger partial charge in [-0.05, 0) is 18.2 Å². The van der Waals surface area contributed by atoms with Crippen molar-refractivity contribution in [1.82, 2.24) is 9.97 Å². The molecule has 0 unspecified atom stereocenters. The Labute approximate surface area is 87.5 Å². The maximum absolute atomic E-state index is 5.71. The molecule has 0 aliphatic heterocycles. The quantitative estimate of drug-likeness (QED) is 0.635. The molecule has 0 bridgehead atoms. The fraction of sp³-hybridized carbons (Fsp3) is 0.200. The Hall–Kier alpha value is -1.88. The lowest BCUT2D eigenvalue weighted by atomic mass is 10.2. The highest BCUT2D eigenvalue weighted by Gasteiger charge is 2.02. The molecule has 0 amide bonds. The van der Waals surface area contributed by atoms with E-state index in [9.17, 15) is 0 Å². The second-order valence-electron chi connectivity index (χ2n) is 3.21. The summed E-state index contributed by atoms with van der Waals surface area (Å²) in [5, 5.41) is 4.06. The summed E-state index contributed by atoms with van der Waals surface area (Å²) in [6.07, 6.45) is 1.53. The van der Waals surface area contributed by atoms with Crippen molar-refractivity contribution >= 4 is 22.4 Å². The van der Waals surface area contributed by atoms with Gasteiger partial charge in [0.1, 0.15) is 12.1 Å². The van der Waals surface area contributed by atoms with Gasteiger partial charge in [-0.25, -0.2) is 9.97 Å². The van der Waals surface area contributed by atoms with E-state index in [-0.39, 0.29) is 0 Å². The summed E-state index contributed by atoms with van der Waals surface area (Å²) in [4.78, 5) is 8.31. The largest absolute Gasteiger partial charge is 0.399 e. The second kappa shape index (κ2) is 4.10. The third-order valence-corrected chi connectivity index (χ3v) is 2.10. The molecule has 0 fully saturated rings. The predicted octanol–water partition coefficient (Wildman–Crippen LogP) is 0.583. The summed E-state index contributed by atoms with van der Waals surface area (Å²) in [6, 6.07) is 5.55. The Morgan fingerprint density at radius 2 is 2.13 bits per heavy atom. The molecular weight excluding hydrogens is 190 g/mol. The number of aromatic nitrogens is 2. The highest BCUT2D eigenvalue weighted by molar-refractivity contribution is 5.91. The minimum absolute atomic E-state index is 0.563. The Morgan fingerprint density at radius 1 is 1.27 bits per heavy atom. The molecular formula is C10H13N5. The second-order valence-corrected chi connectivity index (χ2v) is 3.21. The standard InChI is InChI=1S/C10H13N5/c11-3-4-13-10-8-5-7(12)1-2-9(8)14-6-15-10/h1-2,5-6H,3-4,11-12H2,(H,13,14,15). The SMILES string of the molecule is NCCNc1ncnc2ccc(N)cc12. The summed E-state index contributed by atoms with van der Waals surface area (Å²) < 4.78 is 0. The van der Waals surface area contributed by atoms with Crippen LogP contribution >= 0.6 is 0 Å². The van der Waals surface area contributed by atoms with Crippen molar-refractivity contribution < 1.29 is 0 Å². The van der Waals surface area contributed by atoms with Crippen molar-refractivity contribution in [1.29, 1.82) is 0 Å². The lowest BCUT2D eigenvalue weighted by molar-refractivity contribution is 1.01. The first-order chi connectivity index (χ1) is 7.31. The number of benzene rings is 1. The molecule has 5 nitrogen and oxygen atoms in total. The van der Waals surface area contributed by atoms with E-state index in [1.165, 1.54) is 6.33 Å². The maximum Gasteiger partial charge on any atom is 0.137 e. The van der Waals surface area contributed by atoms with Crippen LogP contribution in [0, 0.1) is 0 Å². The van der Waals surface area contributed by atoms with Crippen LogP contribution in [-0.2, 0) is 0 Å². The van der Waals surface area contributed by atoms with Gasteiger partial charge < -0.3 is 16.8 Å². The molecule has 0 aliphatic carbocycles. The molecule has 1 heterocycles. The summed E-state index contributed by atoms with van der Waals surface area (Å²) in [6.45, 7) is 1.24. The van der Waals surface area contributed by atoms with E-state index in [4.69, 9.17) is 11.5 Å². The molecule has 15 heavy (non-hydrogen) atoms. The van der Waals surface area contributed by atoms with E-state index in [1.807, 2.05) is 18.2 Å². The van der Waals surface area contributed by atoms with Crippen LogP contribution in [0.4, 0.5) is 11.5 Å². The topological polar surface area (TPSA) is 89.8 Å². The number of nitrogen functional groups attached to an aromatic ring is 1. The van der Waals surface area contributed by atoms with Crippen molar-refractivity contribution in [3.63, 3.8) is 0 Å². The number of nitrogens with two attached hydrogens (primary N) is 2. The van der Waals surface area contributed by atoms with Gasteiger partial charge in [0.2, 0.25) is 0 Å². The van der Waals surface area contributed by atoms with Gasteiger partial charge in [-0.1, -0.05) is 0 Å². The van der Waals surface area contributed by atoms with E-state index in [1.54, 1.807) is 0 Å². The molecule has 0 spiro atoms. The van der Waals surface area contributed by atoms with Crippen LogP contribution in [0.2, 0.25) is 0 Å². The summed E-state index contributed by atoms with van der Waals surface area (Å²) in [7, 11) is 0. The molecule has 0 saturated heterocycles. The van der Waals surface area contributed by atoms with Gasteiger partial charge in [-0.15, -0.1) is 0 Å². The smallest absolute Gasteiger partial charge is 0.137 e. The van der Waals surface area contributed by atoms with Crippen LogP contribution in [0.5, 0.6) is 0 Å². The van der Waals surface area contributed by atoms with Gasteiger partial charge in [0, 0.05) is 24.2 Å². The average molecular weight is 203 g/mol. The first kappa shape index (κ1) is 9.67. The predicted molar refractivity (Wildman–Crippen MR) is 61.5 cm³/mol. The van der Waals surface area contributed by atoms with Gasteiger partial charge in [0.15, 0.2) is 0 Å². The first-order valence-electron chi connectivity index (χ1n) is 4.75. The van der Waals surface area contributed by atoms with Crippen LogP contribution < -0.4 is 16.8 Å². The van der Waals surface area contributed by atoms with Gasteiger partial charge in [-0.2, -0.15) is 0 Å². The lowest BCUT2D eigenvalue weighted by Gasteiger charge is -2.07. The zero-order chi connectivity index (χ0) is 10.7. The molecule has 1 aromatic carbocycles. The third-order valence-electron chi connectivity index (χ3n) is 2.10. The monoisotopic (exact) mass is 203 g/mol. The van der Waals surface area contributed by atoms with E-state index in [2.05, 4.69) is 15.3 Å². The van der Waals surface area contributed by atoms with Crippen molar-refractivity contribution in [3.05, 3.63) is 24.5 Å². The molecule has 78 valence electrons. The normalized spacial score (nSPS) is 10.5. The van der Waals surface area contributed by atoms with Crippen molar-refractivity contribution in [2.24, 2.45) is 5.73 Å². The van der Waals surface area contributed by atoms with Gasteiger partial charge in [-0.3, -0.25) is 0 Å². The number of nitrogens with zero attached hydrogens (tertiary/aromatic N) is 2. The molecule has 0 saturated carbocycles. The summed E-state index contributed by atoms with van der Waals surface area (Å²) in [5.74, 6) is 0.776. The minimum atomic E-state index is 0.563. The molecule has 0 radical (unpaired) electrons. The Morgan fingerprint density at radius 3 is 2.93 bits per heavy atom. The van der Waals surface area contributed by atoms with E-state index >= 15 is 0 Å². The van der Waals surface area contributed by atoms with Gasteiger partial charge in [0.05, 0.1) is 5.52 Å². The Bertz CT molecular complexity index is 468. The van der Waals surface area contributed by atoms with Crippen molar-refractivity contribution in [2.75, 3.05) is 24.1 Å². The van der Waals surface area contributed by atoms with Crippen LogP contribution in [-0.4, -0.2) is 23.1 Å². The van der Waals surface area contributed by atoms with Crippen LogP contribution in [0.15, 0.2) is 24.5 Å². The molecule has 1 aromatic heterocycles. The van der Waals surface area contributed by atoms with Crippen LogP contribution in [0.25, 0.3) is 10.9 Å². The maximum atomic E-state index is 5.71. The number of fused-ring (bicyclic) bond motifs is 1. The number of nitrogens with one attached hydrogen (secondary N) is 1. The molecule has 2 aromatic rings. The zero-order valence-corrected chi connectivity index (χ0v) is 8.27. The summed E-state index contributed by atoms with van der Waals surface area (Å²) in [5.41, 5.74) is 12.7. The number of rotatable bonds is 3. The summed E-state index contributed by atoms with van der Waals surface area (Å²) >= 11 is 0. The Balaban J connectivity index is 2.48. The van der Waals surface area contributed by atoms with Crippen LogP contribution in [0.3, 0.4) is 0 Å². The van der Waals surface area contributed by atoms with E-state index < -0.39 is 0 Å². The van der Waals surface area contributed by atoms with E-state index in [0.29, 0.717) is 18.8 Å².